The molecule has 92 valence electrons. The van der Waals surface area contributed by atoms with E-state index in [2.05, 4.69) is 4.98 Å². The van der Waals surface area contributed by atoms with Crippen molar-refractivity contribution in [2.24, 2.45) is 11.7 Å². The van der Waals surface area contributed by atoms with Gasteiger partial charge in [0.25, 0.3) is 5.69 Å². The molecule has 0 bridgehead atoms. The second-order valence-electron chi connectivity index (χ2n) is 4.19. The molecular weight excluding hydrogens is 222 g/mol. The molecule has 0 radical (unpaired) electrons. The first-order valence-corrected chi connectivity index (χ1v) is 5.68. The van der Waals surface area contributed by atoms with Crippen LogP contribution in [-0.2, 0) is 0 Å². The zero-order valence-corrected chi connectivity index (χ0v) is 9.41. The van der Waals surface area contributed by atoms with Crippen LogP contribution in [0, 0.1) is 16.0 Å². The topological polar surface area (TPSA) is 91.3 Å². The third-order valence-electron chi connectivity index (χ3n) is 3.10. The van der Waals surface area contributed by atoms with Crippen LogP contribution < -0.4 is 10.5 Å². The van der Waals surface area contributed by atoms with Crippen LogP contribution in [0.3, 0.4) is 0 Å². The molecule has 0 aromatic carbocycles. The van der Waals surface area contributed by atoms with E-state index in [9.17, 15) is 10.1 Å². The van der Waals surface area contributed by atoms with Crippen LogP contribution in [0.5, 0.6) is 5.88 Å². The standard InChI is InChI=1S/C11H15N3O3/c12-6-8-2-1-3-10(8)17-11-5-4-9(7-13-11)14(15)16/h4-5,7-8,10H,1-3,6,12H2. The Labute approximate surface area is 98.9 Å². The molecule has 6 nitrogen and oxygen atoms in total. The van der Waals surface area contributed by atoms with Crippen LogP contribution in [0.2, 0.25) is 0 Å². The normalized spacial score (nSPS) is 23.6. The summed E-state index contributed by atoms with van der Waals surface area (Å²) in [6, 6.07) is 2.93. The number of nitro groups is 1. The van der Waals surface area contributed by atoms with Crippen molar-refractivity contribution < 1.29 is 9.66 Å². The average molecular weight is 237 g/mol. The Bertz CT molecular complexity index is 393. The first-order chi connectivity index (χ1) is 8.20. The van der Waals surface area contributed by atoms with Gasteiger partial charge in [-0.25, -0.2) is 4.98 Å². The first-order valence-electron chi connectivity index (χ1n) is 5.68. The Morgan fingerprint density at radius 3 is 2.94 bits per heavy atom. The molecule has 0 spiro atoms. The van der Waals surface area contributed by atoms with E-state index >= 15 is 0 Å². The molecule has 6 heteroatoms. The van der Waals surface area contributed by atoms with Gasteiger partial charge in [-0.15, -0.1) is 0 Å². The van der Waals surface area contributed by atoms with Crippen molar-refractivity contribution in [3.63, 3.8) is 0 Å². The Balaban J connectivity index is 2.01. The number of ether oxygens (including phenoxy) is 1. The summed E-state index contributed by atoms with van der Waals surface area (Å²) < 4.78 is 5.70. The van der Waals surface area contributed by atoms with Gasteiger partial charge in [-0.05, 0) is 25.8 Å². The summed E-state index contributed by atoms with van der Waals surface area (Å²) in [5.74, 6) is 0.799. The fourth-order valence-corrected chi connectivity index (χ4v) is 2.13. The van der Waals surface area contributed by atoms with Gasteiger partial charge in [0.2, 0.25) is 5.88 Å². The Morgan fingerprint density at radius 1 is 1.53 bits per heavy atom. The summed E-state index contributed by atoms with van der Waals surface area (Å²) in [6.45, 7) is 0.609. The summed E-state index contributed by atoms with van der Waals surface area (Å²) in [5, 5.41) is 10.5. The van der Waals surface area contributed by atoms with Crippen molar-refractivity contribution in [2.45, 2.75) is 25.4 Å². The SMILES string of the molecule is NCC1CCCC1Oc1ccc([N+](=O)[O-])cn1. The van der Waals surface area contributed by atoms with Crippen LogP contribution in [-0.4, -0.2) is 22.6 Å². The molecule has 1 aromatic heterocycles. The molecule has 1 heterocycles. The second-order valence-corrected chi connectivity index (χ2v) is 4.19. The van der Waals surface area contributed by atoms with E-state index in [1.807, 2.05) is 0 Å². The second kappa shape index (κ2) is 5.09. The predicted octanol–water partition coefficient (Wildman–Crippen LogP) is 1.50. The van der Waals surface area contributed by atoms with E-state index in [0.29, 0.717) is 18.3 Å². The lowest BCUT2D eigenvalue weighted by molar-refractivity contribution is -0.385. The number of nitrogens with zero attached hydrogens (tertiary/aromatic N) is 2. The van der Waals surface area contributed by atoms with Gasteiger partial charge in [-0.1, -0.05) is 0 Å². The number of hydrogen-bond acceptors (Lipinski definition) is 5. The van der Waals surface area contributed by atoms with Crippen LogP contribution >= 0.6 is 0 Å². The molecule has 0 amide bonds. The van der Waals surface area contributed by atoms with E-state index in [1.54, 1.807) is 0 Å². The minimum absolute atomic E-state index is 0.0286. The molecule has 2 unspecified atom stereocenters. The van der Waals surface area contributed by atoms with E-state index < -0.39 is 4.92 Å². The average Bonchev–Trinajstić information content (AvgIpc) is 2.77. The van der Waals surface area contributed by atoms with Gasteiger partial charge >= 0.3 is 0 Å². The first kappa shape index (κ1) is 11.8. The van der Waals surface area contributed by atoms with Gasteiger partial charge in [-0.2, -0.15) is 0 Å². The number of rotatable bonds is 4. The number of nitrogens with two attached hydrogens (primary N) is 1. The van der Waals surface area contributed by atoms with Crippen molar-refractivity contribution in [1.29, 1.82) is 0 Å². The lowest BCUT2D eigenvalue weighted by Gasteiger charge is -2.18. The van der Waals surface area contributed by atoms with Crippen LogP contribution in [0.4, 0.5) is 5.69 Å². The summed E-state index contributed by atoms with van der Waals surface area (Å²) in [4.78, 5) is 13.9. The predicted molar refractivity (Wildman–Crippen MR) is 61.7 cm³/mol. The maximum Gasteiger partial charge on any atom is 0.287 e. The Kier molecular flexibility index (Phi) is 3.53. The van der Waals surface area contributed by atoms with Gasteiger partial charge in [0.1, 0.15) is 12.3 Å². The molecule has 1 aromatic rings. The van der Waals surface area contributed by atoms with Gasteiger partial charge < -0.3 is 10.5 Å². The summed E-state index contributed by atoms with van der Waals surface area (Å²) >= 11 is 0. The van der Waals surface area contributed by atoms with Crippen LogP contribution in [0.15, 0.2) is 18.3 Å². The third kappa shape index (κ3) is 2.71. The quantitative estimate of drug-likeness (QED) is 0.632. The minimum Gasteiger partial charge on any atom is -0.474 e. The van der Waals surface area contributed by atoms with E-state index in [-0.39, 0.29) is 11.8 Å². The number of pyridine rings is 1. The fourth-order valence-electron chi connectivity index (χ4n) is 2.13. The van der Waals surface area contributed by atoms with Gasteiger partial charge in [0, 0.05) is 18.1 Å². The summed E-state index contributed by atoms with van der Waals surface area (Å²) in [6.07, 6.45) is 4.46. The summed E-state index contributed by atoms with van der Waals surface area (Å²) in [7, 11) is 0. The van der Waals surface area contributed by atoms with E-state index in [1.165, 1.54) is 18.3 Å². The Hall–Kier alpha value is -1.69. The van der Waals surface area contributed by atoms with E-state index in [4.69, 9.17) is 10.5 Å². The highest BCUT2D eigenvalue weighted by Gasteiger charge is 2.28. The third-order valence-corrected chi connectivity index (χ3v) is 3.10. The van der Waals surface area contributed by atoms with Crippen LogP contribution in [0.1, 0.15) is 19.3 Å². The highest BCUT2D eigenvalue weighted by atomic mass is 16.6. The molecule has 1 fully saturated rings. The van der Waals surface area contributed by atoms with Crippen LogP contribution in [0.25, 0.3) is 0 Å². The maximum absolute atomic E-state index is 10.5. The Morgan fingerprint density at radius 2 is 2.35 bits per heavy atom. The molecule has 2 atom stereocenters. The maximum atomic E-state index is 10.5. The molecule has 1 aliphatic rings. The zero-order valence-electron chi connectivity index (χ0n) is 9.41. The highest BCUT2D eigenvalue weighted by Crippen LogP contribution is 2.28. The smallest absolute Gasteiger partial charge is 0.287 e. The number of hydrogen-bond donors (Lipinski definition) is 1. The van der Waals surface area contributed by atoms with Gasteiger partial charge in [0.15, 0.2) is 0 Å². The molecular formula is C11H15N3O3. The minimum atomic E-state index is -0.477. The molecule has 1 saturated carbocycles. The van der Waals surface area contributed by atoms with Crippen molar-refractivity contribution >= 4 is 5.69 Å². The number of aromatic nitrogens is 1. The van der Waals surface area contributed by atoms with Crippen molar-refractivity contribution in [3.05, 3.63) is 28.4 Å². The lowest BCUT2D eigenvalue weighted by Crippen LogP contribution is -2.27. The van der Waals surface area contributed by atoms with Gasteiger partial charge in [-0.3, -0.25) is 10.1 Å². The highest BCUT2D eigenvalue weighted by molar-refractivity contribution is 5.29. The molecule has 2 N–H and O–H groups in total. The molecule has 17 heavy (non-hydrogen) atoms. The van der Waals surface area contributed by atoms with Crippen molar-refractivity contribution in [2.75, 3.05) is 6.54 Å². The fraction of sp³-hybridized carbons (Fsp3) is 0.545. The monoisotopic (exact) mass is 237 g/mol. The molecule has 2 rings (SSSR count). The van der Waals surface area contributed by atoms with Crippen molar-refractivity contribution in [3.8, 4) is 5.88 Å². The summed E-state index contributed by atoms with van der Waals surface area (Å²) in [5.41, 5.74) is 5.62. The van der Waals surface area contributed by atoms with Gasteiger partial charge in [0.05, 0.1) is 4.92 Å². The molecule has 1 aliphatic carbocycles. The van der Waals surface area contributed by atoms with E-state index in [0.717, 1.165) is 19.3 Å². The molecule has 0 saturated heterocycles. The lowest BCUT2D eigenvalue weighted by atomic mass is 10.1. The zero-order chi connectivity index (χ0) is 12.3. The van der Waals surface area contributed by atoms with Crippen molar-refractivity contribution in [1.82, 2.24) is 4.98 Å². The molecule has 0 aliphatic heterocycles. The largest absolute Gasteiger partial charge is 0.474 e.